The minimum Gasteiger partial charge on any atom is -0.507 e. The van der Waals surface area contributed by atoms with Gasteiger partial charge in [0.25, 0.3) is 0 Å². The van der Waals surface area contributed by atoms with E-state index in [0.717, 1.165) is 12.8 Å². The number of phenols is 2. The molecule has 0 radical (unpaired) electrons. The van der Waals surface area contributed by atoms with E-state index in [0.29, 0.717) is 18.4 Å². The molecule has 3 rings (SSSR count). The lowest BCUT2D eigenvalue weighted by Gasteiger charge is -2.31. The normalized spacial score (nSPS) is 18.3. The van der Waals surface area contributed by atoms with Crippen LogP contribution in [0, 0.1) is 11.7 Å². The zero-order valence-corrected chi connectivity index (χ0v) is 18.2. The summed E-state index contributed by atoms with van der Waals surface area (Å²) in [7, 11) is 1.41. The van der Waals surface area contributed by atoms with Crippen LogP contribution in [0.1, 0.15) is 61.4 Å². The lowest BCUT2D eigenvalue weighted by Crippen LogP contribution is -2.26. The molecule has 164 valence electrons. The molecule has 0 aromatic heterocycles. The summed E-state index contributed by atoms with van der Waals surface area (Å²) in [6, 6.07) is 9.12. The largest absolute Gasteiger partial charge is 0.507 e. The molecule has 0 saturated heterocycles. The van der Waals surface area contributed by atoms with E-state index in [1.165, 1.54) is 36.5 Å². The van der Waals surface area contributed by atoms with Crippen molar-refractivity contribution < 1.29 is 24.1 Å². The molecule has 5 heteroatoms. The van der Waals surface area contributed by atoms with E-state index in [-0.39, 0.29) is 34.5 Å². The summed E-state index contributed by atoms with van der Waals surface area (Å²) in [6.07, 6.45) is 6.96. The molecule has 0 spiro atoms. The first-order valence-corrected chi connectivity index (χ1v) is 10.5. The predicted molar refractivity (Wildman–Crippen MR) is 119 cm³/mol. The van der Waals surface area contributed by atoms with E-state index >= 15 is 0 Å². The van der Waals surface area contributed by atoms with Crippen LogP contribution in [0.3, 0.4) is 0 Å². The third kappa shape index (κ3) is 5.16. The van der Waals surface area contributed by atoms with E-state index in [4.69, 9.17) is 4.74 Å². The number of aromatic hydroxyl groups is 2. The molecule has 2 aromatic carbocycles. The van der Waals surface area contributed by atoms with Gasteiger partial charge in [-0.15, -0.1) is 0 Å². The lowest BCUT2D eigenvalue weighted by atomic mass is 9.71. The number of allylic oxidation sites excluding steroid dienone is 4. The van der Waals surface area contributed by atoms with Crippen LogP contribution in [0.2, 0.25) is 0 Å². The number of methoxy groups -OCH3 is 1. The Balaban J connectivity index is 1.97. The van der Waals surface area contributed by atoms with Crippen LogP contribution in [-0.4, -0.2) is 23.1 Å². The molecular formula is C26H29FO4. The number of ketones is 1. The maximum atomic E-state index is 14.7. The Morgan fingerprint density at radius 1 is 1.19 bits per heavy atom. The van der Waals surface area contributed by atoms with Gasteiger partial charge in [-0.2, -0.15) is 0 Å². The summed E-state index contributed by atoms with van der Waals surface area (Å²) in [5, 5.41) is 20.8. The van der Waals surface area contributed by atoms with Gasteiger partial charge in [0.05, 0.1) is 7.11 Å². The van der Waals surface area contributed by atoms with Crippen LogP contribution in [0.5, 0.6) is 17.2 Å². The van der Waals surface area contributed by atoms with Crippen molar-refractivity contribution in [3.63, 3.8) is 0 Å². The molecule has 1 aliphatic carbocycles. The van der Waals surface area contributed by atoms with E-state index in [1.54, 1.807) is 18.2 Å². The molecule has 0 amide bonds. The second-order valence-corrected chi connectivity index (χ2v) is 8.26. The van der Waals surface area contributed by atoms with Gasteiger partial charge in [-0.3, -0.25) is 4.79 Å². The number of hydrogen-bond donors (Lipinski definition) is 2. The number of phenolic OH excluding ortho intramolecular Hbond substituents is 2. The highest BCUT2D eigenvalue weighted by molar-refractivity contribution is 6.03. The SMILES string of the molecule is COc1cc(O)c(C(=O)[C@H]2CC=C(CCC=C(C)C)C[C@@H]2c2ccccc2F)c(O)c1. The monoisotopic (exact) mass is 424 g/mol. The average Bonchev–Trinajstić information content (AvgIpc) is 2.73. The zero-order valence-electron chi connectivity index (χ0n) is 18.2. The first kappa shape index (κ1) is 22.6. The number of halogens is 1. The maximum Gasteiger partial charge on any atom is 0.174 e. The Bertz CT molecular complexity index is 995. The standard InChI is InChI=1S/C26H29FO4/c1-16(2)7-6-8-17-11-12-20(21(13-17)19-9-4-5-10-22(19)27)26(30)25-23(28)14-18(31-3)15-24(25)29/h4-5,7,9-11,14-15,20-21,28-29H,6,8,12-13H2,1-3H3/t20-,21+/m0/s1. The number of Topliss-reactive ketones (excluding diaryl/α,β-unsaturated/α-hetero) is 1. The molecule has 4 nitrogen and oxygen atoms in total. The third-order valence-corrected chi connectivity index (χ3v) is 5.84. The minimum absolute atomic E-state index is 0.145. The van der Waals surface area contributed by atoms with Crippen LogP contribution < -0.4 is 4.74 Å². The minimum atomic E-state index is -0.589. The Hall–Kier alpha value is -3.08. The Morgan fingerprint density at radius 2 is 1.87 bits per heavy atom. The van der Waals surface area contributed by atoms with Crippen molar-refractivity contribution in [2.45, 2.75) is 45.4 Å². The molecule has 2 N–H and O–H groups in total. The van der Waals surface area contributed by atoms with Crippen molar-refractivity contribution >= 4 is 5.78 Å². The van der Waals surface area contributed by atoms with Gasteiger partial charge < -0.3 is 14.9 Å². The molecule has 0 bridgehead atoms. The summed E-state index contributed by atoms with van der Waals surface area (Å²) in [4.78, 5) is 13.4. The molecule has 1 aliphatic rings. The zero-order chi connectivity index (χ0) is 22.5. The van der Waals surface area contributed by atoms with Crippen LogP contribution in [-0.2, 0) is 0 Å². The molecule has 0 aliphatic heterocycles. The summed E-state index contributed by atoms with van der Waals surface area (Å²) in [6.45, 7) is 4.11. The number of rotatable bonds is 7. The van der Waals surface area contributed by atoms with Crippen molar-refractivity contribution in [3.05, 3.63) is 76.6 Å². The van der Waals surface area contributed by atoms with Gasteiger partial charge in [-0.25, -0.2) is 4.39 Å². The molecule has 2 atom stereocenters. The van der Waals surface area contributed by atoms with Crippen molar-refractivity contribution in [2.24, 2.45) is 5.92 Å². The quantitative estimate of drug-likeness (QED) is 0.405. The summed E-state index contributed by atoms with van der Waals surface area (Å²) >= 11 is 0. The smallest absolute Gasteiger partial charge is 0.174 e. The number of carbonyl (C=O) groups is 1. The highest BCUT2D eigenvalue weighted by Gasteiger charge is 2.36. The van der Waals surface area contributed by atoms with Gasteiger partial charge in [0, 0.05) is 24.0 Å². The number of hydrogen-bond acceptors (Lipinski definition) is 4. The Kier molecular flexibility index (Phi) is 7.16. The van der Waals surface area contributed by atoms with Crippen LogP contribution in [0.25, 0.3) is 0 Å². The van der Waals surface area contributed by atoms with E-state index in [2.05, 4.69) is 26.0 Å². The summed E-state index contributed by atoms with van der Waals surface area (Å²) in [5.74, 6) is -2.14. The first-order valence-electron chi connectivity index (χ1n) is 10.5. The lowest BCUT2D eigenvalue weighted by molar-refractivity contribution is 0.0888. The fraction of sp³-hybridized carbons (Fsp3) is 0.346. The second-order valence-electron chi connectivity index (χ2n) is 8.26. The highest BCUT2D eigenvalue weighted by atomic mass is 19.1. The van der Waals surface area contributed by atoms with Crippen molar-refractivity contribution in [2.75, 3.05) is 7.11 Å². The molecule has 0 fully saturated rings. The van der Waals surface area contributed by atoms with Gasteiger partial charge in [0.1, 0.15) is 28.6 Å². The van der Waals surface area contributed by atoms with Crippen LogP contribution >= 0.6 is 0 Å². The third-order valence-electron chi connectivity index (χ3n) is 5.84. The maximum absolute atomic E-state index is 14.7. The molecule has 0 saturated carbocycles. The summed E-state index contributed by atoms with van der Waals surface area (Å²) < 4.78 is 19.7. The molecule has 0 unspecified atom stereocenters. The van der Waals surface area contributed by atoms with Gasteiger partial charge >= 0.3 is 0 Å². The molecule has 0 heterocycles. The van der Waals surface area contributed by atoms with Gasteiger partial charge in [0.2, 0.25) is 0 Å². The summed E-state index contributed by atoms with van der Waals surface area (Å²) in [5.41, 5.74) is 2.79. The fourth-order valence-corrected chi connectivity index (χ4v) is 4.25. The Morgan fingerprint density at radius 3 is 2.48 bits per heavy atom. The van der Waals surface area contributed by atoms with E-state index in [9.17, 15) is 19.4 Å². The van der Waals surface area contributed by atoms with Crippen molar-refractivity contribution in [1.29, 1.82) is 0 Å². The fourth-order valence-electron chi connectivity index (χ4n) is 4.25. The topological polar surface area (TPSA) is 66.8 Å². The predicted octanol–water partition coefficient (Wildman–Crippen LogP) is 6.29. The highest BCUT2D eigenvalue weighted by Crippen LogP contribution is 2.44. The van der Waals surface area contributed by atoms with Gasteiger partial charge in [-0.05, 0) is 51.2 Å². The van der Waals surface area contributed by atoms with Crippen LogP contribution in [0.15, 0.2) is 59.7 Å². The molecule has 31 heavy (non-hydrogen) atoms. The van der Waals surface area contributed by atoms with Crippen molar-refractivity contribution in [1.82, 2.24) is 0 Å². The first-order chi connectivity index (χ1) is 14.8. The van der Waals surface area contributed by atoms with E-state index < -0.39 is 11.7 Å². The van der Waals surface area contributed by atoms with Crippen molar-refractivity contribution in [3.8, 4) is 17.2 Å². The number of ether oxygens (including phenoxy) is 1. The Labute approximate surface area is 182 Å². The van der Waals surface area contributed by atoms with Gasteiger partial charge in [-0.1, -0.05) is 41.5 Å². The van der Waals surface area contributed by atoms with E-state index in [1.807, 2.05) is 0 Å². The number of carbonyl (C=O) groups excluding carboxylic acids is 1. The second kappa shape index (κ2) is 9.82. The average molecular weight is 425 g/mol. The molecule has 2 aromatic rings. The molecular weight excluding hydrogens is 395 g/mol. The van der Waals surface area contributed by atoms with Crippen LogP contribution in [0.4, 0.5) is 4.39 Å². The van der Waals surface area contributed by atoms with Gasteiger partial charge in [0.15, 0.2) is 5.78 Å². The number of benzene rings is 2.